The van der Waals surface area contributed by atoms with E-state index in [4.69, 9.17) is 14.3 Å². The van der Waals surface area contributed by atoms with Gasteiger partial charge in [-0.25, -0.2) is 0 Å². The predicted molar refractivity (Wildman–Crippen MR) is 174 cm³/mol. The lowest BCUT2D eigenvalue weighted by molar-refractivity contribution is -0.138. The molecule has 2 heterocycles. The Bertz CT molecular complexity index is 1380. The van der Waals surface area contributed by atoms with Gasteiger partial charge in [-0.15, -0.1) is 11.8 Å². The molecule has 44 heavy (non-hydrogen) atoms. The number of fused-ring (bicyclic) bond motifs is 2. The summed E-state index contributed by atoms with van der Waals surface area (Å²) in [7, 11) is -3.43. The predicted octanol–water partition coefficient (Wildman–Crippen LogP) is 3.83. The van der Waals surface area contributed by atoms with Crippen molar-refractivity contribution in [2.24, 2.45) is 0 Å². The highest BCUT2D eigenvalue weighted by Gasteiger charge is 2.38. The topological polar surface area (TPSA) is 136 Å². The Morgan fingerprint density at radius 2 is 1.64 bits per heavy atom. The van der Waals surface area contributed by atoms with Crippen LogP contribution < -0.4 is 10.2 Å². The fraction of sp³-hybridized carbons (Fsp3) is 0.469. The van der Waals surface area contributed by atoms with Crippen LogP contribution in [0.1, 0.15) is 61.6 Å². The van der Waals surface area contributed by atoms with E-state index in [2.05, 4.69) is 29.8 Å². The largest absolute Gasteiger partial charge is 0.356 e. The van der Waals surface area contributed by atoms with Crippen molar-refractivity contribution in [1.82, 2.24) is 10.2 Å². The second kappa shape index (κ2) is 16.4. The SMILES string of the molecule is C=P(O)(O)OCCCCCCSC1CC(=O)N(CCC(=O)NCCC(=O)N2Cc3ccccc3CCc3ccccc32)C1=O. The number of hydrogen-bond acceptors (Lipinski definition) is 8. The van der Waals surface area contributed by atoms with Crippen LogP contribution in [-0.4, -0.2) is 75.3 Å². The number of carbonyl (C=O) groups is 4. The van der Waals surface area contributed by atoms with Crippen LogP contribution in [0.25, 0.3) is 0 Å². The highest BCUT2D eigenvalue weighted by molar-refractivity contribution is 8.00. The average molecular weight is 644 g/mol. The monoisotopic (exact) mass is 643 g/mol. The molecule has 2 aromatic carbocycles. The van der Waals surface area contributed by atoms with Crippen LogP contribution in [0.3, 0.4) is 0 Å². The number of aryl methyl sites for hydroxylation is 2. The first-order valence-electron chi connectivity index (χ1n) is 15.1. The van der Waals surface area contributed by atoms with Crippen LogP contribution in [0.15, 0.2) is 48.5 Å². The van der Waals surface area contributed by atoms with Gasteiger partial charge in [-0.3, -0.25) is 24.1 Å². The molecule has 3 N–H and O–H groups in total. The minimum absolute atomic E-state index is 0.0103. The van der Waals surface area contributed by atoms with Crippen molar-refractivity contribution < 1.29 is 33.5 Å². The molecule has 0 aromatic heterocycles. The van der Waals surface area contributed by atoms with Gasteiger partial charge in [0.25, 0.3) is 0 Å². The summed E-state index contributed by atoms with van der Waals surface area (Å²) in [5.74, 6) is -0.181. The summed E-state index contributed by atoms with van der Waals surface area (Å²) in [6.45, 7) is 0.911. The van der Waals surface area contributed by atoms with Crippen molar-refractivity contribution in [2.45, 2.75) is 69.6 Å². The minimum Gasteiger partial charge on any atom is -0.356 e. The fourth-order valence-corrected chi connectivity index (χ4v) is 7.05. The van der Waals surface area contributed by atoms with Crippen LogP contribution in [0, 0.1) is 0 Å². The number of amides is 4. The van der Waals surface area contributed by atoms with E-state index < -0.39 is 12.8 Å². The third-order valence-electron chi connectivity index (χ3n) is 7.78. The van der Waals surface area contributed by atoms with Gasteiger partial charge in [0.2, 0.25) is 31.2 Å². The first-order chi connectivity index (χ1) is 21.1. The highest BCUT2D eigenvalue weighted by Crippen LogP contribution is 2.35. The van der Waals surface area contributed by atoms with Crippen LogP contribution >= 0.6 is 19.3 Å². The van der Waals surface area contributed by atoms with Gasteiger partial charge in [0, 0.05) is 38.0 Å². The first kappa shape index (κ1) is 33.9. The highest BCUT2D eigenvalue weighted by atomic mass is 32.2. The lowest BCUT2D eigenvalue weighted by atomic mass is 9.95. The molecule has 1 unspecified atom stereocenters. The maximum atomic E-state index is 13.4. The lowest BCUT2D eigenvalue weighted by Gasteiger charge is -2.29. The third-order valence-corrected chi connectivity index (χ3v) is 9.67. The molecule has 12 heteroatoms. The number of carbonyl (C=O) groups excluding carboxylic acids is 4. The van der Waals surface area contributed by atoms with Crippen LogP contribution in [0.4, 0.5) is 5.69 Å². The van der Waals surface area contributed by atoms with Gasteiger partial charge >= 0.3 is 0 Å². The summed E-state index contributed by atoms with van der Waals surface area (Å²) in [6.07, 6.45) is 8.47. The maximum Gasteiger partial charge on any atom is 0.245 e. The van der Waals surface area contributed by atoms with Gasteiger partial charge in [0.1, 0.15) is 0 Å². The van der Waals surface area contributed by atoms with Crippen molar-refractivity contribution in [3.63, 3.8) is 0 Å². The molecular weight excluding hydrogens is 601 g/mol. The fourth-order valence-electron chi connectivity index (χ4n) is 5.45. The zero-order valence-corrected chi connectivity index (χ0v) is 26.7. The van der Waals surface area contributed by atoms with E-state index in [1.807, 2.05) is 30.3 Å². The summed E-state index contributed by atoms with van der Waals surface area (Å²) in [5, 5.41) is 2.35. The number of anilines is 1. The van der Waals surface area contributed by atoms with Gasteiger partial charge in [0.05, 0.1) is 18.4 Å². The molecule has 2 aromatic rings. The van der Waals surface area contributed by atoms with E-state index in [0.29, 0.717) is 13.0 Å². The summed E-state index contributed by atoms with van der Waals surface area (Å²) in [6, 6.07) is 16.1. The first-order valence-corrected chi connectivity index (χ1v) is 18.0. The molecule has 1 atom stereocenters. The molecule has 1 fully saturated rings. The number of thioether (sulfide) groups is 1. The smallest absolute Gasteiger partial charge is 0.245 e. The second-order valence-electron chi connectivity index (χ2n) is 11.1. The number of hydrogen-bond donors (Lipinski definition) is 3. The maximum absolute atomic E-state index is 13.4. The molecule has 0 radical (unpaired) electrons. The van der Waals surface area contributed by atoms with E-state index >= 15 is 0 Å². The molecule has 238 valence electrons. The van der Waals surface area contributed by atoms with E-state index in [0.717, 1.165) is 54.7 Å². The molecule has 4 amide bonds. The quantitative estimate of drug-likeness (QED) is 0.151. The molecule has 4 rings (SSSR count). The second-order valence-corrected chi connectivity index (χ2v) is 14.0. The molecule has 1 saturated heterocycles. The summed E-state index contributed by atoms with van der Waals surface area (Å²) >= 11 is 1.46. The summed E-state index contributed by atoms with van der Waals surface area (Å²) in [5.41, 5.74) is 4.38. The minimum atomic E-state index is -3.43. The number of nitrogens with one attached hydrogen (secondary N) is 1. The normalized spacial score (nSPS) is 16.7. The van der Waals surface area contributed by atoms with Gasteiger partial charge in [-0.1, -0.05) is 55.3 Å². The van der Waals surface area contributed by atoms with Crippen LogP contribution in [-0.2, 0) is 43.1 Å². The Balaban J connectivity index is 1.16. The average Bonchev–Trinajstić information content (AvgIpc) is 3.25. The van der Waals surface area contributed by atoms with Gasteiger partial charge in [0.15, 0.2) is 0 Å². The number of para-hydroxylation sites is 1. The van der Waals surface area contributed by atoms with Crippen molar-refractivity contribution in [3.05, 3.63) is 65.2 Å². The Morgan fingerprint density at radius 1 is 0.955 bits per heavy atom. The number of rotatable bonds is 15. The number of likely N-dealkylation sites (tertiary alicyclic amines) is 1. The number of unbranched alkanes of at least 4 members (excludes halogenated alkanes) is 3. The van der Waals surface area contributed by atoms with Crippen molar-refractivity contribution in [2.75, 3.05) is 30.3 Å². The molecule has 2 aliphatic rings. The lowest BCUT2D eigenvalue weighted by Crippen LogP contribution is -2.37. The van der Waals surface area contributed by atoms with Crippen molar-refractivity contribution >= 4 is 54.9 Å². The number of nitrogens with zero attached hydrogens (tertiary/aromatic N) is 2. The molecular formula is C32H42N3O7PS. The van der Waals surface area contributed by atoms with E-state index in [9.17, 15) is 19.2 Å². The Kier molecular flexibility index (Phi) is 12.6. The zero-order chi connectivity index (χ0) is 31.5. The van der Waals surface area contributed by atoms with Crippen molar-refractivity contribution in [1.29, 1.82) is 0 Å². The van der Waals surface area contributed by atoms with E-state index in [-0.39, 0.29) is 62.6 Å². The number of imide groups is 1. The van der Waals surface area contributed by atoms with Crippen LogP contribution in [0.5, 0.6) is 0 Å². The Morgan fingerprint density at radius 3 is 2.41 bits per heavy atom. The standard InChI is InChI=1S/C32H42N3O7PS/c1-43(40,41)42-20-8-2-3-9-21-44-28-22-31(38)34(32(28)39)19-17-29(36)33-18-16-30(37)35-23-26-12-5-4-10-24(26)14-15-25-11-6-7-13-27(25)35/h4-7,10-13,28,40-41H,1-3,8-9,14-23H2,(H,33,36). The zero-order valence-electron chi connectivity index (χ0n) is 25.0. The molecule has 0 saturated carbocycles. The summed E-state index contributed by atoms with van der Waals surface area (Å²) in [4.78, 5) is 72.4. The van der Waals surface area contributed by atoms with Crippen molar-refractivity contribution in [3.8, 4) is 0 Å². The van der Waals surface area contributed by atoms with E-state index in [1.165, 1.54) is 22.2 Å². The van der Waals surface area contributed by atoms with E-state index in [1.54, 1.807) is 4.90 Å². The number of benzene rings is 2. The molecule has 2 aliphatic heterocycles. The Hall–Kier alpha value is -2.95. The molecule has 0 spiro atoms. The van der Waals surface area contributed by atoms with Crippen LogP contribution in [0.2, 0.25) is 0 Å². The molecule has 10 nitrogen and oxygen atoms in total. The van der Waals surface area contributed by atoms with Gasteiger partial charge in [-0.2, -0.15) is 0 Å². The molecule has 0 aliphatic carbocycles. The molecule has 0 bridgehead atoms. The third kappa shape index (κ3) is 10.0. The Labute approximate surface area is 263 Å². The van der Waals surface area contributed by atoms with Gasteiger partial charge in [-0.05, 0) is 60.5 Å². The van der Waals surface area contributed by atoms with Gasteiger partial charge < -0.3 is 24.5 Å². The summed E-state index contributed by atoms with van der Waals surface area (Å²) < 4.78 is 4.85.